The quantitative estimate of drug-likeness (QED) is 0.269. The number of likely N-dealkylation sites (N-methyl/N-ethyl adjacent to an activating group) is 1. The van der Waals surface area contributed by atoms with Gasteiger partial charge in [-0.3, -0.25) is 4.79 Å². The molecule has 0 saturated carbocycles. The Morgan fingerprint density at radius 1 is 1.00 bits per heavy atom. The van der Waals surface area contributed by atoms with E-state index in [4.69, 9.17) is 25.5 Å². The third-order valence-corrected chi connectivity index (χ3v) is 6.23. The number of carboxylic acid groups (broad SMARTS) is 2. The molecule has 2 aromatic carbocycles. The number of aromatic amines is 1. The molecule has 1 aromatic heterocycles. The van der Waals surface area contributed by atoms with Crippen LogP contribution in [0.5, 0.6) is 0 Å². The van der Waals surface area contributed by atoms with Gasteiger partial charge in [0.2, 0.25) is 15.9 Å². The van der Waals surface area contributed by atoms with Crippen LogP contribution >= 0.6 is 0 Å². The van der Waals surface area contributed by atoms with Crippen LogP contribution < -0.4 is 10.5 Å². The van der Waals surface area contributed by atoms with Crippen LogP contribution in [-0.2, 0) is 38.3 Å². The van der Waals surface area contributed by atoms with Crippen molar-refractivity contribution >= 4 is 38.8 Å². The molecule has 35 heavy (non-hydrogen) atoms. The van der Waals surface area contributed by atoms with Crippen molar-refractivity contribution in [3.05, 3.63) is 70.9 Å². The van der Waals surface area contributed by atoms with Gasteiger partial charge in [-0.15, -0.1) is 0 Å². The Bertz CT molecular complexity index is 1290. The summed E-state index contributed by atoms with van der Waals surface area (Å²) in [5, 5.41) is 15.8. The van der Waals surface area contributed by atoms with Gasteiger partial charge in [-0.2, -0.15) is 0 Å². The van der Waals surface area contributed by atoms with Crippen LogP contribution in [0.4, 0.5) is 0 Å². The first-order valence-electron chi connectivity index (χ1n) is 10.4. The molecule has 3 aromatic rings. The summed E-state index contributed by atoms with van der Waals surface area (Å²) in [5.74, 6) is -4.26. The predicted octanol–water partition coefficient (Wildman–Crippen LogP) is 1.15. The molecule has 12 heteroatoms. The van der Waals surface area contributed by atoms with Crippen LogP contribution in [0.25, 0.3) is 10.9 Å². The minimum atomic E-state index is -3.51. The van der Waals surface area contributed by atoms with E-state index in [-0.39, 0.29) is 12.3 Å². The number of fused-ring (bicyclic) bond motifs is 1. The van der Waals surface area contributed by atoms with E-state index >= 15 is 0 Å². The molecule has 3 rings (SSSR count). The van der Waals surface area contributed by atoms with E-state index in [1.165, 1.54) is 5.56 Å². The van der Waals surface area contributed by atoms with Crippen molar-refractivity contribution in [1.82, 2.24) is 14.6 Å². The Morgan fingerprint density at radius 2 is 1.60 bits per heavy atom. The normalized spacial score (nSPS) is 11.2. The Kier molecular flexibility index (Phi) is 9.51. The lowest BCUT2D eigenvalue weighted by atomic mass is 10.1. The fourth-order valence-electron chi connectivity index (χ4n) is 3.12. The lowest BCUT2D eigenvalue weighted by Gasteiger charge is -2.09. The zero-order valence-corrected chi connectivity index (χ0v) is 20.1. The fraction of sp³-hybridized carbons (Fsp3) is 0.261. The number of rotatable bonds is 9. The van der Waals surface area contributed by atoms with E-state index in [1.807, 2.05) is 38.5 Å². The van der Waals surface area contributed by atoms with Crippen molar-refractivity contribution in [2.24, 2.45) is 5.73 Å². The zero-order valence-electron chi connectivity index (χ0n) is 19.3. The lowest BCUT2D eigenvalue weighted by molar-refractivity contribution is -0.159. The van der Waals surface area contributed by atoms with Crippen LogP contribution in [0, 0.1) is 0 Å². The first-order chi connectivity index (χ1) is 16.4. The number of hydrogen-bond donors (Lipinski definition) is 5. The monoisotopic (exact) mass is 504 g/mol. The number of carbonyl (C=O) groups is 3. The molecule has 0 bridgehead atoms. The summed E-state index contributed by atoms with van der Waals surface area (Å²) in [6, 6.07) is 12.2. The van der Waals surface area contributed by atoms with Gasteiger partial charge < -0.3 is 25.8 Å². The highest BCUT2D eigenvalue weighted by Gasteiger charge is 2.13. The van der Waals surface area contributed by atoms with Crippen molar-refractivity contribution in [3.63, 3.8) is 0 Å². The summed E-state index contributed by atoms with van der Waals surface area (Å²) >= 11 is 0. The number of nitrogens with two attached hydrogens (primary N) is 1. The van der Waals surface area contributed by atoms with Gasteiger partial charge >= 0.3 is 11.9 Å². The van der Waals surface area contributed by atoms with Crippen LogP contribution in [0.3, 0.4) is 0 Å². The first kappa shape index (κ1) is 27.5. The van der Waals surface area contributed by atoms with E-state index in [0.29, 0.717) is 5.56 Å². The number of primary amides is 1. The van der Waals surface area contributed by atoms with Gasteiger partial charge in [0.05, 0.1) is 5.75 Å². The van der Waals surface area contributed by atoms with E-state index in [9.17, 15) is 13.2 Å². The molecule has 0 aliphatic rings. The number of hydrogen-bond acceptors (Lipinski definition) is 6. The SMILES string of the molecule is CN(C)CCc1c[nH]c2ccc(CS(=O)(=O)NCc3ccc(C(N)=O)cc3)cc12.O=C(O)C(=O)O. The molecule has 0 unspecified atom stereocenters. The highest BCUT2D eigenvalue weighted by molar-refractivity contribution is 7.88. The van der Waals surface area contributed by atoms with E-state index in [1.54, 1.807) is 24.3 Å². The van der Waals surface area contributed by atoms with Crippen molar-refractivity contribution in [2.45, 2.75) is 18.7 Å². The van der Waals surface area contributed by atoms with Crippen molar-refractivity contribution in [1.29, 1.82) is 0 Å². The molecule has 1 heterocycles. The minimum absolute atomic E-state index is 0.0966. The van der Waals surface area contributed by atoms with Crippen LogP contribution in [0.15, 0.2) is 48.7 Å². The van der Waals surface area contributed by atoms with E-state index in [2.05, 4.69) is 14.6 Å². The molecule has 0 saturated heterocycles. The second kappa shape index (κ2) is 12.1. The molecule has 1 amide bonds. The van der Waals surface area contributed by atoms with Gasteiger partial charge in [-0.05, 0) is 61.5 Å². The fourth-order valence-corrected chi connectivity index (χ4v) is 4.22. The number of benzene rings is 2. The lowest BCUT2D eigenvalue weighted by Crippen LogP contribution is -2.24. The second-order valence-corrected chi connectivity index (χ2v) is 9.81. The summed E-state index contributed by atoms with van der Waals surface area (Å²) in [6.07, 6.45) is 2.88. The summed E-state index contributed by atoms with van der Waals surface area (Å²) < 4.78 is 27.7. The van der Waals surface area contributed by atoms with Crippen molar-refractivity contribution in [2.75, 3.05) is 20.6 Å². The molecule has 6 N–H and O–H groups in total. The second-order valence-electron chi connectivity index (χ2n) is 8.00. The van der Waals surface area contributed by atoms with E-state index < -0.39 is 27.9 Å². The van der Waals surface area contributed by atoms with Gasteiger partial charge in [0.1, 0.15) is 0 Å². The van der Waals surface area contributed by atoms with Crippen LogP contribution in [0.2, 0.25) is 0 Å². The zero-order chi connectivity index (χ0) is 26.2. The Hall–Kier alpha value is -3.74. The number of nitrogens with zero attached hydrogens (tertiary/aromatic N) is 1. The van der Waals surface area contributed by atoms with E-state index in [0.717, 1.165) is 35.0 Å². The average Bonchev–Trinajstić information content (AvgIpc) is 3.19. The molecular formula is C23H28N4O7S. The number of aliphatic carboxylic acids is 2. The van der Waals surface area contributed by atoms with Gasteiger partial charge in [-0.25, -0.2) is 22.7 Å². The van der Waals surface area contributed by atoms with Crippen molar-refractivity contribution in [3.8, 4) is 0 Å². The average molecular weight is 505 g/mol. The first-order valence-corrected chi connectivity index (χ1v) is 12.1. The molecule has 0 aliphatic heterocycles. The summed E-state index contributed by atoms with van der Waals surface area (Å²) in [7, 11) is 0.546. The Morgan fingerprint density at radius 3 is 2.14 bits per heavy atom. The summed E-state index contributed by atoms with van der Waals surface area (Å²) in [4.78, 5) is 34.7. The molecular weight excluding hydrogens is 476 g/mol. The number of amides is 1. The maximum atomic E-state index is 12.5. The molecule has 0 fully saturated rings. The van der Waals surface area contributed by atoms with Gasteiger partial charge in [0.15, 0.2) is 0 Å². The highest BCUT2D eigenvalue weighted by atomic mass is 32.2. The third-order valence-electron chi connectivity index (χ3n) is 4.93. The molecule has 0 atom stereocenters. The number of H-pyrrole nitrogens is 1. The highest BCUT2D eigenvalue weighted by Crippen LogP contribution is 2.21. The molecule has 188 valence electrons. The molecule has 11 nitrogen and oxygen atoms in total. The van der Waals surface area contributed by atoms with Gasteiger partial charge in [-0.1, -0.05) is 18.2 Å². The number of aromatic nitrogens is 1. The van der Waals surface area contributed by atoms with Crippen molar-refractivity contribution < 1.29 is 33.0 Å². The van der Waals surface area contributed by atoms with Crippen LogP contribution in [0.1, 0.15) is 27.0 Å². The predicted molar refractivity (Wildman–Crippen MR) is 130 cm³/mol. The third kappa shape index (κ3) is 8.85. The summed E-state index contributed by atoms with van der Waals surface area (Å²) in [6.45, 7) is 1.08. The minimum Gasteiger partial charge on any atom is -0.473 e. The molecule has 0 radical (unpaired) electrons. The maximum absolute atomic E-state index is 12.5. The largest absolute Gasteiger partial charge is 0.473 e. The van der Waals surface area contributed by atoms with Gasteiger partial charge in [0, 0.05) is 35.8 Å². The maximum Gasteiger partial charge on any atom is 0.414 e. The smallest absolute Gasteiger partial charge is 0.414 e. The Labute approximate surface area is 202 Å². The number of sulfonamides is 1. The number of carboxylic acids is 2. The number of nitrogens with one attached hydrogen (secondary N) is 2. The molecule has 0 spiro atoms. The Balaban J connectivity index is 0.000000641. The summed E-state index contributed by atoms with van der Waals surface area (Å²) in [5.41, 5.74) is 9.27. The topological polar surface area (TPSA) is 183 Å². The molecule has 0 aliphatic carbocycles. The standard InChI is InChI=1S/C21H26N4O3S.C2H2O4/c1-25(2)10-9-18-13-23-20-8-5-16(11-19(18)20)14-29(27,28)24-12-15-3-6-17(7-4-15)21(22)26;3-1(4)2(5)6/h3-8,11,13,23-24H,9-10,12,14H2,1-2H3,(H2,22,26);(H,3,4)(H,5,6). The van der Waals surface area contributed by atoms with Gasteiger partial charge in [0.25, 0.3) is 0 Å². The van der Waals surface area contributed by atoms with Crippen LogP contribution in [-0.4, -0.2) is 67.0 Å². The number of carbonyl (C=O) groups excluding carboxylic acids is 1.